The smallest absolute Gasteiger partial charge is 0.279 e. The molecule has 0 aliphatic rings. The van der Waals surface area contributed by atoms with Gasteiger partial charge in [0, 0.05) is 15.7 Å². The summed E-state index contributed by atoms with van der Waals surface area (Å²) >= 11 is 3.33. The van der Waals surface area contributed by atoms with Gasteiger partial charge in [0.15, 0.2) is 18.2 Å². The van der Waals surface area contributed by atoms with Gasteiger partial charge < -0.3 is 10.6 Å². The second-order valence-corrected chi connectivity index (χ2v) is 5.88. The lowest BCUT2D eigenvalue weighted by atomic mass is 10.1. The molecule has 6 heteroatoms. The molecule has 1 atom stereocenters. The van der Waals surface area contributed by atoms with E-state index in [4.69, 9.17) is 0 Å². The van der Waals surface area contributed by atoms with Crippen LogP contribution in [0.5, 0.6) is 0 Å². The monoisotopic (exact) mass is 369 g/mol. The summed E-state index contributed by atoms with van der Waals surface area (Å²) in [6.45, 7) is 2.02. The summed E-state index contributed by atoms with van der Waals surface area (Å²) in [5.74, 6) is -1.91. The number of nitrogens with one attached hydrogen (secondary N) is 1. The molecular formula is C16H16BrF2N2O+. The van der Waals surface area contributed by atoms with Crippen molar-refractivity contribution in [1.82, 2.24) is 0 Å². The summed E-state index contributed by atoms with van der Waals surface area (Å²) in [5.41, 5.74) is 1.34. The van der Waals surface area contributed by atoms with E-state index in [-0.39, 0.29) is 18.5 Å². The Balaban J connectivity index is 1.88. The summed E-state index contributed by atoms with van der Waals surface area (Å²) in [6, 6.07) is 10.9. The summed E-state index contributed by atoms with van der Waals surface area (Å²) < 4.78 is 27.0. The SMILES string of the molecule is C[C@H]([NH2+]CC(=O)Nc1cccc(Br)c1)c1ccc(F)c(F)c1. The van der Waals surface area contributed by atoms with Crippen molar-refractivity contribution in [1.29, 1.82) is 0 Å². The minimum absolute atomic E-state index is 0.150. The molecule has 2 rings (SSSR count). The topological polar surface area (TPSA) is 45.7 Å². The third-order valence-electron chi connectivity index (χ3n) is 3.23. The zero-order valence-corrected chi connectivity index (χ0v) is 13.5. The third kappa shape index (κ3) is 4.61. The fourth-order valence-electron chi connectivity index (χ4n) is 1.99. The van der Waals surface area contributed by atoms with E-state index in [1.54, 1.807) is 17.4 Å². The lowest BCUT2D eigenvalue weighted by Crippen LogP contribution is -2.86. The van der Waals surface area contributed by atoms with Crippen LogP contribution >= 0.6 is 15.9 Å². The Labute approximate surface area is 135 Å². The number of carbonyl (C=O) groups is 1. The molecular weight excluding hydrogens is 354 g/mol. The van der Waals surface area contributed by atoms with E-state index in [1.807, 2.05) is 19.1 Å². The van der Waals surface area contributed by atoms with E-state index in [2.05, 4.69) is 21.2 Å². The van der Waals surface area contributed by atoms with E-state index in [9.17, 15) is 13.6 Å². The van der Waals surface area contributed by atoms with Gasteiger partial charge in [0.05, 0.1) is 0 Å². The molecule has 3 nitrogen and oxygen atoms in total. The Morgan fingerprint density at radius 1 is 1.23 bits per heavy atom. The summed E-state index contributed by atoms with van der Waals surface area (Å²) in [4.78, 5) is 11.9. The standard InChI is InChI=1S/C16H15BrF2N2O/c1-10(11-5-6-14(18)15(19)7-11)20-9-16(22)21-13-4-2-3-12(17)8-13/h2-8,10,20H,9H2,1H3,(H,21,22)/p+1/t10-/m0/s1. The van der Waals surface area contributed by atoms with Gasteiger partial charge in [0.1, 0.15) is 6.04 Å². The normalized spacial score (nSPS) is 12.0. The van der Waals surface area contributed by atoms with E-state index in [0.717, 1.165) is 16.6 Å². The predicted molar refractivity (Wildman–Crippen MR) is 84.3 cm³/mol. The number of carbonyl (C=O) groups excluding carboxylic acids is 1. The van der Waals surface area contributed by atoms with Crippen molar-refractivity contribution in [2.45, 2.75) is 13.0 Å². The average Bonchev–Trinajstić information content (AvgIpc) is 2.47. The molecule has 0 aliphatic heterocycles. The minimum Gasteiger partial charge on any atom is -0.333 e. The summed E-state index contributed by atoms with van der Waals surface area (Å²) in [7, 11) is 0. The maximum absolute atomic E-state index is 13.2. The van der Waals surface area contributed by atoms with E-state index in [1.165, 1.54) is 6.07 Å². The molecule has 0 unspecified atom stereocenters. The first-order valence-electron chi connectivity index (χ1n) is 6.79. The molecule has 2 aromatic rings. The Morgan fingerprint density at radius 2 is 2.00 bits per heavy atom. The zero-order valence-electron chi connectivity index (χ0n) is 11.9. The molecule has 0 bridgehead atoms. The Bertz CT molecular complexity index is 679. The number of benzene rings is 2. The quantitative estimate of drug-likeness (QED) is 0.835. The number of nitrogens with two attached hydrogens (primary N) is 1. The van der Waals surface area contributed by atoms with Crippen molar-refractivity contribution >= 4 is 27.5 Å². The maximum atomic E-state index is 13.2. The van der Waals surface area contributed by atoms with Crippen molar-refractivity contribution in [2.75, 3.05) is 11.9 Å². The molecule has 2 aromatic carbocycles. The second-order valence-electron chi connectivity index (χ2n) is 4.96. The van der Waals surface area contributed by atoms with Gasteiger partial charge in [-0.1, -0.05) is 22.0 Å². The predicted octanol–water partition coefficient (Wildman–Crippen LogP) is 2.99. The van der Waals surface area contributed by atoms with E-state index in [0.29, 0.717) is 11.3 Å². The molecule has 0 spiro atoms. The highest BCUT2D eigenvalue weighted by Crippen LogP contribution is 2.15. The van der Waals surface area contributed by atoms with Crippen LogP contribution in [0, 0.1) is 11.6 Å². The maximum Gasteiger partial charge on any atom is 0.279 e. The largest absolute Gasteiger partial charge is 0.333 e. The molecule has 0 aliphatic carbocycles. The number of rotatable bonds is 5. The van der Waals surface area contributed by atoms with Gasteiger partial charge in [-0.05, 0) is 43.3 Å². The second kappa shape index (κ2) is 7.47. The Kier molecular flexibility index (Phi) is 5.63. The highest BCUT2D eigenvalue weighted by molar-refractivity contribution is 9.10. The van der Waals surface area contributed by atoms with Crippen molar-refractivity contribution in [3.05, 3.63) is 64.1 Å². The molecule has 0 saturated heterocycles. The van der Waals surface area contributed by atoms with Crippen LogP contribution < -0.4 is 10.6 Å². The van der Waals surface area contributed by atoms with Crippen LogP contribution in [-0.4, -0.2) is 12.5 Å². The fourth-order valence-corrected chi connectivity index (χ4v) is 2.39. The fraction of sp³-hybridized carbons (Fsp3) is 0.188. The van der Waals surface area contributed by atoms with Crippen LogP contribution in [0.25, 0.3) is 0 Å². The number of anilines is 1. The lowest BCUT2D eigenvalue weighted by molar-refractivity contribution is -0.682. The Morgan fingerprint density at radius 3 is 2.68 bits per heavy atom. The van der Waals surface area contributed by atoms with Crippen LogP contribution in [0.1, 0.15) is 18.5 Å². The van der Waals surface area contributed by atoms with Gasteiger partial charge in [0.2, 0.25) is 0 Å². The van der Waals surface area contributed by atoms with Crippen LogP contribution in [0.2, 0.25) is 0 Å². The van der Waals surface area contributed by atoms with Crippen molar-refractivity contribution in [3.63, 3.8) is 0 Å². The van der Waals surface area contributed by atoms with E-state index >= 15 is 0 Å². The lowest BCUT2D eigenvalue weighted by Gasteiger charge is -2.11. The van der Waals surface area contributed by atoms with Crippen LogP contribution in [-0.2, 0) is 4.79 Å². The number of quaternary nitrogens is 1. The van der Waals surface area contributed by atoms with Gasteiger partial charge in [0.25, 0.3) is 5.91 Å². The molecule has 116 valence electrons. The van der Waals surface area contributed by atoms with Gasteiger partial charge in [-0.3, -0.25) is 4.79 Å². The first-order valence-corrected chi connectivity index (χ1v) is 7.58. The Hall–Kier alpha value is -1.79. The number of hydrogen-bond donors (Lipinski definition) is 2. The summed E-state index contributed by atoms with van der Waals surface area (Å²) in [5, 5.41) is 4.54. The van der Waals surface area contributed by atoms with Gasteiger partial charge >= 0.3 is 0 Å². The van der Waals surface area contributed by atoms with Gasteiger partial charge in [-0.15, -0.1) is 0 Å². The summed E-state index contributed by atoms with van der Waals surface area (Å²) in [6.07, 6.45) is 0. The minimum atomic E-state index is -0.878. The molecule has 0 fully saturated rings. The van der Waals surface area contributed by atoms with Crippen molar-refractivity contribution < 1.29 is 18.9 Å². The van der Waals surface area contributed by atoms with Crippen LogP contribution in [0.4, 0.5) is 14.5 Å². The third-order valence-corrected chi connectivity index (χ3v) is 3.73. The van der Waals surface area contributed by atoms with E-state index < -0.39 is 11.6 Å². The molecule has 0 radical (unpaired) electrons. The van der Waals surface area contributed by atoms with Crippen LogP contribution in [0.3, 0.4) is 0 Å². The number of halogens is 3. The number of amides is 1. The molecule has 0 aromatic heterocycles. The van der Waals surface area contributed by atoms with Gasteiger partial charge in [-0.2, -0.15) is 0 Å². The molecule has 1 amide bonds. The first-order chi connectivity index (χ1) is 10.5. The van der Waals surface area contributed by atoms with Crippen molar-refractivity contribution in [2.24, 2.45) is 0 Å². The van der Waals surface area contributed by atoms with Crippen LogP contribution in [0.15, 0.2) is 46.9 Å². The molecule has 3 N–H and O–H groups in total. The highest BCUT2D eigenvalue weighted by Gasteiger charge is 2.14. The first kappa shape index (κ1) is 16.6. The highest BCUT2D eigenvalue weighted by atomic mass is 79.9. The van der Waals surface area contributed by atoms with Crippen molar-refractivity contribution in [3.8, 4) is 0 Å². The average molecular weight is 370 g/mol. The number of hydrogen-bond acceptors (Lipinski definition) is 1. The molecule has 0 saturated carbocycles. The van der Waals surface area contributed by atoms with Gasteiger partial charge in [-0.25, -0.2) is 8.78 Å². The molecule has 22 heavy (non-hydrogen) atoms. The molecule has 0 heterocycles. The zero-order chi connectivity index (χ0) is 16.1.